The van der Waals surface area contributed by atoms with Crippen LogP contribution in [0.4, 0.5) is 0 Å². The normalized spacial score (nSPS) is 11.8. The van der Waals surface area contributed by atoms with Crippen LogP contribution in [0.5, 0.6) is 0 Å². The summed E-state index contributed by atoms with van der Waals surface area (Å²) in [5.41, 5.74) is 4.15. The Balaban J connectivity index is 1.59. The average molecular weight is 511 g/mol. The van der Waals surface area contributed by atoms with Crippen molar-refractivity contribution in [1.29, 1.82) is 0 Å². The molecule has 0 radical (unpaired) electrons. The summed E-state index contributed by atoms with van der Waals surface area (Å²) in [6.45, 7) is 6.97. The minimum Gasteiger partial charge on any atom is -0.317 e. The first kappa shape index (κ1) is 25.1. The number of nitrogens with one attached hydrogen (secondary N) is 1. The third-order valence-electron chi connectivity index (χ3n) is 6.53. The van der Waals surface area contributed by atoms with E-state index in [0.717, 1.165) is 28.1 Å². The second kappa shape index (κ2) is 10.4. The minimum absolute atomic E-state index is 0.223. The number of allylic oxidation sites excluding steroid dienone is 2. The highest BCUT2D eigenvalue weighted by Crippen LogP contribution is 2.30. The Kier molecular flexibility index (Phi) is 6.87. The SMILES string of the molecule is C/C=C/Cc1nc2c(c(=O)n(C)c(=O)n2CC(C)C)n1Cc1ccc(-c2ccccc2-c2nnn[nH]2)cc1. The number of fused-ring (bicyclic) bond motifs is 1. The number of tetrazole rings is 1. The molecule has 0 bridgehead atoms. The molecule has 0 unspecified atom stereocenters. The number of benzene rings is 2. The molecule has 0 atom stereocenters. The Morgan fingerprint density at radius 1 is 1.00 bits per heavy atom. The number of hydrogen-bond donors (Lipinski definition) is 1. The topological polar surface area (TPSA) is 116 Å². The van der Waals surface area contributed by atoms with Gasteiger partial charge in [0.2, 0.25) is 0 Å². The van der Waals surface area contributed by atoms with E-state index in [0.29, 0.717) is 36.5 Å². The Morgan fingerprint density at radius 3 is 2.39 bits per heavy atom. The van der Waals surface area contributed by atoms with Crippen LogP contribution < -0.4 is 11.2 Å². The van der Waals surface area contributed by atoms with Gasteiger partial charge >= 0.3 is 5.69 Å². The molecule has 3 heterocycles. The average Bonchev–Trinajstić information content (AvgIpc) is 3.58. The van der Waals surface area contributed by atoms with Crippen molar-refractivity contribution in [2.45, 2.75) is 40.3 Å². The molecule has 10 heteroatoms. The monoisotopic (exact) mass is 510 g/mol. The van der Waals surface area contributed by atoms with Gasteiger partial charge < -0.3 is 4.57 Å². The second-order valence-electron chi connectivity index (χ2n) is 9.70. The molecule has 38 heavy (non-hydrogen) atoms. The molecule has 0 spiro atoms. The predicted octanol–water partition coefficient (Wildman–Crippen LogP) is 3.57. The van der Waals surface area contributed by atoms with Gasteiger partial charge in [0, 0.05) is 32.1 Å². The van der Waals surface area contributed by atoms with Crippen LogP contribution in [0.3, 0.4) is 0 Å². The van der Waals surface area contributed by atoms with Crippen molar-refractivity contribution in [2.75, 3.05) is 0 Å². The lowest BCUT2D eigenvalue weighted by atomic mass is 9.98. The van der Waals surface area contributed by atoms with Gasteiger partial charge in [-0.2, -0.15) is 0 Å². The molecule has 5 aromatic rings. The standard InChI is InChI=1S/C28H30N8O2/c1-5-6-11-23-29-26-24(27(37)34(4)28(38)36(26)16-18(2)3)35(23)17-19-12-14-20(15-13-19)21-9-7-8-10-22(21)25-30-32-33-31-25/h5-10,12-15,18H,11,16-17H2,1-4H3,(H,30,31,32,33)/b6-5+. The number of H-pyrrole nitrogens is 1. The molecule has 2 aromatic carbocycles. The van der Waals surface area contributed by atoms with E-state index in [1.54, 1.807) is 4.57 Å². The van der Waals surface area contributed by atoms with Gasteiger partial charge in [0.15, 0.2) is 17.0 Å². The Labute approximate surface area is 219 Å². The number of aromatic amines is 1. The molecule has 1 N–H and O–H groups in total. The van der Waals surface area contributed by atoms with Crippen LogP contribution in [0.2, 0.25) is 0 Å². The van der Waals surface area contributed by atoms with E-state index in [1.807, 2.05) is 73.9 Å². The summed E-state index contributed by atoms with van der Waals surface area (Å²) in [5, 5.41) is 14.3. The molecule has 0 aliphatic carbocycles. The first-order chi connectivity index (χ1) is 18.4. The fourth-order valence-electron chi connectivity index (χ4n) is 4.67. The molecule has 194 valence electrons. The van der Waals surface area contributed by atoms with Crippen LogP contribution >= 0.6 is 0 Å². The Hall–Kier alpha value is -4.60. The quantitative estimate of drug-likeness (QED) is 0.319. The maximum Gasteiger partial charge on any atom is 0.332 e. The molecular weight excluding hydrogens is 480 g/mol. The van der Waals surface area contributed by atoms with Crippen molar-refractivity contribution in [3.05, 3.63) is 92.9 Å². The fraction of sp³-hybridized carbons (Fsp3) is 0.286. The molecule has 0 fully saturated rings. The van der Waals surface area contributed by atoms with Crippen LogP contribution in [0, 0.1) is 5.92 Å². The zero-order chi connectivity index (χ0) is 26.8. The Bertz CT molecular complexity index is 1720. The van der Waals surface area contributed by atoms with Crippen molar-refractivity contribution < 1.29 is 0 Å². The highest BCUT2D eigenvalue weighted by atomic mass is 16.2. The van der Waals surface area contributed by atoms with E-state index in [9.17, 15) is 9.59 Å². The van der Waals surface area contributed by atoms with Gasteiger partial charge in [-0.3, -0.25) is 13.9 Å². The van der Waals surface area contributed by atoms with Crippen molar-refractivity contribution in [3.8, 4) is 22.5 Å². The summed E-state index contributed by atoms with van der Waals surface area (Å²) in [6.07, 6.45) is 4.52. The van der Waals surface area contributed by atoms with Gasteiger partial charge in [-0.1, -0.05) is 74.5 Å². The van der Waals surface area contributed by atoms with Crippen LogP contribution in [-0.2, 0) is 26.6 Å². The predicted molar refractivity (Wildman–Crippen MR) is 147 cm³/mol. The summed E-state index contributed by atoms with van der Waals surface area (Å²) in [4.78, 5) is 31.1. The molecule has 0 aliphatic heterocycles. The van der Waals surface area contributed by atoms with E-state index in [1.165, 1.54) is 11.6 Å². The minimum atomic E-state index is -0.344. The van der Waals surface area contributed by atoms with Crippen LogP contribution in [-0.4, -0.2) is 39.3 Å². The van der Waals surface area contributed by atoms with Gasteiger partial charge in [0.05, 0.1) is 0 Å². The summed E-state index contributed by atoms with van der Waals surface area (Å²) in [7, 11) is 1.53. The van der Waals surface area contributed by atoms with Crippen LogP contribution in [0.25, 0.3) is 33.7 Å². The van der Waals surface area contributed by atoms with Gasteiger partial charge in [-0.05, 0) is 40.0 Å². The summed E-state index contributed by atoms with van der Waals surface area (Å²) in [5.74, 6) is 1.57. The number of imidazole rings is 1. The molecular formula is C28H30N8O2. The van der Waals surface area contributed by atoms with E-state index in [2.05, 4.69) is 32.8 Å². The maximum absolute atomic E-state index is 13.3. The molecule has 0 saturated carbocycles. The second-order valence-corrected chi connectivity index (χ2v) is 9.70. The lowest BCUT2D eigenvalue weighted by Gasteiger charge is -2.13. The van der Waals surface area contributed by atoms with E-state index in [-0.39, 0.29) is 17.2 Å². The highest BCUT2D eigenvalue weighted by Gasteiger charge is 2.21. The number of hydrogen-bond acceptors (Lipinski definition) is 6. The number of rotatable bonds is 8. The third kappa shape index (κ3) is 4.60. The zero-order valence-electron chi connectivity index (χ0n) is 21.9. The number of aromatic nitrogens is 8. The lowest BCUT2D eigenvalue weighted by molar-refractivity contribution is 0.500. The summed E-state index contributed by atoms with van der Waals surface area (Å²) >= 11 is 0. The smallest absolute Gasteiger partial charge is 0.317 e. The van der Waals surface area contributed by atoms with Crippen LogP contribution in [0.1, 0.15) is 32.2 Å². The summed E-state index contributed by atoms with van der Waals surface area (Å²) in [6, 6.07) is 16.1. The van der Waals surface area contributed by atoms with Crippen molar-refractivity contribution >= 4 is 11.2 Å². The van der Waals surface area contributed by atoms with Gasteiger partial charge in [0.1, 0.15) is 5.82 Å². The third-order valence-corrected chi connectivity index (χ3v) is 6.53. The molecule has 0 saturated heterocycles. The fourth-order valence-corrected chi connectivity index (χ4v) is 4.67. The maximum atomic E-state index is 13.3. The molecule has 0 aliphatic rings. The highest BCUT2D eigenvalue weighted by molar-refractivity contribution is 5.80. The van der Waals surface area contributed by atoms with Gasteiger partial charge in [-0.25, -0.2) is 14.9 Å². The van der Waals surface area contributed by atoms with E-state index < -0.39 is 0 Å². The molecule has 0 amide bonds. The largest absolute Gasteiger partial charge is 0.332 e. The van der Waals surface area contributed by atoms with E-state index >= 15 is 0 Å². The van der Waals surface area contributed by atoms with E-state index in [4.69, 9.17) is 4.98 Å². The van der Waals surface area contributed by atoms with Crippen LogP contribution in [0.15, 0.2) is 70.3 Å². The van der Waals surface area contributed by atoms with Gasteiger partial charge in [0.25, 0.3) is 5.56 Å². The number of nitrogens with zero attached hydrogens (tertiary/aromatic N) is 7. The Morgan fingerprint density at radius 2 is 1.74 bits per heavy atom. The van der Waals surface area contributed by atoms with Crippen molar-refractivity contribution in [1.82, 2.24) is 39.3 Å². The molecule has 3 aromatic heterocycles. The van der Waals surface area contributed by atoms with Crippen molar-refractivity contribution in [2.24, 2.45) is 13.0 Å². The first-order valence-electron chi connectivity index (χ1n) is 12.6. The lowest BCUT2D eigenvalue weighted by Crippen LogP contribution is -2.39. The molecule has 5 rings (SSSR count). The molecule has 10 nitrogen and oxygen atoms in total. The first-order valence-corrected chi connectivity index (χ1v) is 12.6. The zero-order valence-corrected chi connectivity index (χ0v) is 21.9. The van der Waals surface area contributed by atoms with Crippen molar-refractivity contribution in [3.63, 3.8) is 0 Å². The summed E-state index contributed by atoms with van der Waals surface area (Å²) < 4.78 is 4.74. The van der Waals surface area contributed by atoms with Gasteiger partial charge in [-0.15, -0.1) is 5.10 Å².